The van der Waals surface area contributed by atoms with Crippen molar-refractivity contribution >= 4 is 43.2 Å². The van der Waals surface area contributed by atoms with Gasteiger partial charge in [0.15, 0.2) is 0 Å². The van der Waals surface area contributed by atoms with Crippen molar-refractivity contribution in [2.24, 2.45) is 7.05 Å². The van der Waals surface area contributed by atoms with E-state index >= 15 is 0 Å². The summed E-state index contributed by atoms with van der Waals surface area (Å²) in [7, 11) is -0.829. The highest BCUT2D eigenvalue weighted by atomic mass is 79.9. The minimum atomic E-state index is -3.89. The molecule has 0 fully saturated rings. The van der Waals surface area contributed by atoms with E-state index in [1.54, 1.807) is 25.2 Å². The van der Waals surface area contributed by atoms with Crippen LogP contribution in [0.1, 0.15) is 0 Å². The SMILES string of the molecule is COc1ccc(Br)cc1NS(=O)(=O)c1ncn(C)c1Cl. The van der Waals surface area contributed by atoms with Crippen LogP contribution in [0.4, 0.5) is 5.69 Å². The lowest BCUT2D eigenvalue weighted by atomic mass is 10.3. The van der Waals surface area contributed by atoms with E-state index in [0.29, 0.717) is 15.9 Å². The number of nitrogens with one attached hydrogen (secondary N) is 1. The zero-order valence-corrected chi connectivity index (χ0v) is 13.8. The van der Waals surface area contributed by atoms with Crippen LogP contribution in [0, 0.1) is 0 Å². The summed E-state index contributed by atoms with van der Waals surface area (Å²) in [6.07, 6.45) is 1.33. The van der Waals surface area contributed by atoms with Crippen molar-refractivity contribution in [2.75, 3.05) is 11.8 Å². The molecule has 0 atom stereocenters. The van der Waals surface area contributed by atoms with Crippen LogP contribution in [0.15, 0.2) is 34.0 Å². The molecule has 0 spiro atoms. The number of sulfonamides is 1. The minimum absolute atomic E-state index is 0.0338. The third-order valence-electron chi connectivity index (χ3n) is 2.49. The number of hydrogen-bond acceptors (Lipinski definition) is 4. The van der Waals surface area contributed by atoms with E-state index in [0.717, 1.165) is 0 Å². The normalized spacial score (nSPS) is 11.4. The fourth-order valence-electron chi connectivity index (χ4n) is 1.53. The molecule has 2 aromatic rings. The summed E-state index contributed by atoms with van der Waals surface area (Å²) in [5, 5.41) is -0.199. The number of halogens is 2. The lowest BCUT2D eigenvalue weighted by Crippen LogP contribution is -2.14. The van der Waals surface area contributed by atoms with Crippen molar-refractivity contribution in [3.05, 3.63) is 34.2 Å². The third kappa shape index (κ3) is 2.92. The summed E-state index contributed by atoms with van der Waals surface area (Å²) in [4.78, 5) is 3.79. The zero-order valence-electron chi connectivity index (χ0n) is 10.6. The molecule has 6 nitrogen and oxygen atoms in total. The highest BCUT2D eigenvalue weighted by Gasteiger charge is 2.23. The maximum Gasteiger partial charge on any atom is 0.282 e. The summed E-state index contributed by atoms with van der Waals surface area (Å²) < 4.78 is 34.2. The maximum atomic E-state index is 12.3. The summed E-state index contributed by atoms with van der Waals surface area (Å²) >= 11 is 9.18. The van der Waals surface area contributed by atoms with Crippen LogP contribution in [0.2, 0.25) is 5.15 Å². The number of anilines is 1. The number of aryl methyl sites for hydroxylation is 1. The monoisotopic (exact) mass is 379 g/mol. The topological polar surface area (TPSA) is 73.2 Å². The van der Waals surface area contributed by atoms with Gasteiger partial charge < -0.3 is 9.30 Å². The predicted octanol–water partition coefficient (Wildman–Crippen LogP) is 2.65. The van der Waals surface area contributed by atoms with E-state index in [1.165, 1.54) is 18.0 Å². The van der Waals surface area contributed by atoms with E-state index in [2.05, 4.69) is 25.6 Å². The van der Waals surface area contributed by atoms with E-state index in [4.69, 9.17) is 16.3 Å². The van der Waals surface area contributed by atoms with Gasteiger partial charge in [0, 0.05) is 11.5 Å². The molecule has 0 aliphatic rings. The lowest BCUT2D eigenvalue weighted by molar-refractivity contribution is 0.417. The molecule has 9 heteroatoms. The van der Waals surface area contributed by atoms with Crippen molar-refractivity contribution in [1.29, 1.82) is 0 Å². The van der Waals surface area contributed by atoms with Gasteiger partial charge in [0.05, 0.1) is 19.1 Å². The Morgan fingerprint density at radius 2 is 2.15 bits per heavy atom. The molecular formula is C11H11BrClN3O3S. The second-order valence-corrected chi connectivity index (χ2v) is 6.77. The van der Waals surface area contributed by atoms with E-state index in [1.807, 2.05) is 0 Å². The molecule has 1 aromatic carbocycles. The molecular weight excluding hydrogens is 370 g/mol. The molecule has 0 unspecified atom stereocenters. The van der Waals surface area contributed by atoms with Crippen molar-refractivity contribution in [3.8, 4) is 5.75 Å². The highest BCUT2D eigenvalue weighted by Crippen LogP contribution is 2.30. The second kappa shape index (κ2) is 5.63. The summed E-state index contributed by atoms with van der Waals surface area (Å²) in [5.74, 6) is 0.392. The van der Waals surface area contributed by atoms with Crippen LogP contribution >= 0.6 is 27.5 Å². The van der Waals surface area contributed by atoms with Crippen molar-refractivity contribution in [1.82, 2.24) is 9.55 Å². The van der Waals surface area contributed by atoms with E-state index < -0.39 is 10.0 Å². The number of hydrogen-bond donors (Lipinski definition) is 1. The molecule has 0 radical (unpaired) electrons. The van der Waals surface area contributed by atoms with Crippen LogP contribution in [-0.4, -0.2) is 25.1 Å². The standard InChI is InChI=1S/C11H11BrClN3O3S/c1-16-6-14-11(10(16)13)20(17,18)15-8-5-7(12)3-4-9(8)19-2/h3-6,15H,1-2H3. The number of rotatable bonds is 4. The van der Waals surface area contributed by atoms with Gasteiger partial charge in [-0.15, -0.1) is 0 Å². The van der Waals surface area contributed by atoms with Gasteiger partial charge >= 0.3 is 0 Å². The van der Waals surface area contributed by atoms with Crippen molar-refractivity contribution in [3.63, 3.8) is 0 Å². The molecule has 0 saturated carbocycles. The Labute approximate surface area is 129 Å². The number of methoxy groups -OCH3 is 1. The molecule has 0 bridgehead atoms. The Hall–Kier alpha value is -1.25. The number of nitrogens with zero attached hydrogens (tertiary/aromatic N) is 2. The molecule has 0 amide bonds. The zero-order chi connectivity index (χ0) is 14.9. The molecule has 108 valence electrons. The van der Waals surface area contributed by atoms with Gasteiger partial charge in [-0.3, -0.25) is 4.72 Å². The molecule has 2 rings (SSSR count). The summed E-state index contributed by atoms with van der Waals surface area (Å²) in [6, 6.07) is 4.97. The number of imidazole rings is 1. The average molecular weight is 381 g/mol. The van der Waals surface area contributed by atoms with Crippen molar-refractivity contribution < 1.29 is 13.2 Å². The first-order valence-electron chi connectivity index (χ1n) is 5.38. The Bertz CT molecular complexity index is 745. The second-order valence-electron chi connectivity index (χ2n) is 3.90. The number of ether oxygens (including phenoxy) is 1. The van der Waals surface area contributed by atoms with Gasteiger partial charge in [-0.1, -0.05) is 27.5 Å². The van der Waals surface area contributed by atoms with Gasteiger partial charge in [0.25, 0.3) is 10.0 Å². The summed E-state index contributed by atoms with van der Waals surface area (Å²) in [6.45, 7) is 0. The first-order valence-corrected chi connectivity index (χ1v) is 8.03. The largest absolute Gasteiger partial charge is 0.495 e. The third-order valence-corrected chi connectivity index (χ3v) is 4.84. The van der Waals surface area contributed by atoms with Gasteiger partial charge in [-0.05, 0) is 18.2 Å². The fraction of sp³-hybridized carbons (Fsp3) is 0.182. The minimum Gasteiger partial charge on any atom is -0.495 e. The smallest absolute Gasteiger partial charge is 0.282 e. The van der Waals surface area contributed by atoms with Crippen LogP contribution in [-0.2, 0) is 17.1 Å². The van der Waals surface area contributed by atoms with Crippen molar-refractivity contribution in [2.45, 2.75) is 5.03 Å². The molecule has 0 aliphatic heterocycles. The Kier molecular flexibility index (Phi) is 4.26. The first kappa shape index (κ1) is 15.1. The van der Waals surface area contributed by atoms with Gasteiger partial charge in [-0.25, -0.2) is 4.98 Å². The van der Waals surface area contributed by atoms with Gasteiger partial charge in [-0.2, -0.15) is 8.42 Å². The molecule has 20 heavy (non-hydrogen) atoms. The molecule has 1 N–H and O–H groups in total. The lowest BCUT2D eigenvalue weighted by Gasteiger charge is -2.11. The van der Waals surface area contributed by atoms with Crippen LogP contribution < -0.4 is 9.46 Å². The average Bonchev–Trinajstić information content (AvgIpc) is 2.70. The Morgan fingerprint density at radius 1 is 1.45 bits per heavy atom. The number of aromatic nitrogens is 2. The maximum absolute atomic E-state index is 12.3. The summed E-state index contributed by atoms with van der Waals surface area (Å²) in [5.41, 5.74) is 0.295. The predicted molar refractivity (Wildman–Crippen MR) is 79.7 cm³/mol. The molecule has 0 saturated heterocycles. The quantitative estimate of drug-likeness (QED) is 0.885. The van der Waals surface area contributed by atoms with E-state index in [9.17, 15) is 8.42 Å². The molecule has 1 aromatic heterocycles. The Balaban J connectivity index is 2.43. The first-order chi connectivity index (χ1) is 9.35. The molecule has 0 aliphatic carbocycles. The Morgan fingerprint density at radius 3 is 2.70 bits per heavy atom. The van der Waals surface area contributed by atoms with Gasteiger partial charge in [0.2, 0.25) is 5.03 Å². The van der Waals surface area contributed by atoms with E-state index in [-0.39, 0.29) is 10.2 Å². The van der Waals surface area contributed by atoms with Crippen LogP contribution in [0.5, 0.6) is 5.75 Å². The van der Waals surface area contributed by atoms with Gasteiger partial charge in [0.1, 0.15) is 10.9 Å². The highest BCUT2D eigenvalue weighted by molar-refractivity contribution is 9.10. The fourth-order valence-corrected chi connectivity index (χ4v) is 3.38. The van der Waals surface area contributed by atoms with Crippen LogP contribution in [0.25, 0.3) is 0 Å². The molecule has 1 heterocycles. The van der Waals surface area contributed by atoms with Crippen LogP contribution in [0.3, 0.4) is 0 Å². The number of benzene rings is 1.